The van der Waals surface area contributed by atoms with Crippen LogP contribution in [0.15, 0.2) is 18.2 Å². The number of imide groups is 1. The maximum atomic E-state index is 13.0. The molecule has 1 aromatic carbocycles. The van der Waals surface area contributed by atoms with Crippen molar-refractivity contribution in [2.75, 3.05) is 13.1 Å². The number of fused-ring (bicyclic) bond motifs is 1. The number of benzene rings is 1. The normalized spacial score (nSPS) is 22.4. The Morgan fingerprint density at radius 1 is 1.10 bits per heavy atom. The Bertz CT molecular complexity index is 928. The van der Waals surface area contributed by atoms with Crippen molar-refractivity contribution < 1.29 is 23.9 Å². The molecule has 1 N–H and O–H groups in total. The number of nitrogens with zero attached hydrogens (tertiary/aromatic N) is 2. The highest BCUT2D eigenvalue weighted by Crippen LogP contribution is 2.33. The van der Waals surface area contributed by atoms with Crippen LogP contribution >= 0.6 is 0 Å². The number of hydrogen-bond acceptors (Lipinski definition) is 5. The molecule has 4 amide bonds. The zero-order valence-corrected chi connectivity index (χ0v) is 18.3. The summed E-state index contributed by atoms with van der Waals surface area (Å²) < 4.78 is 5.46. The van der Waals surface area contributed by atoms with Crippen molar-refractivity contribution in [3.63, 3.8) is 0 Å². The molecule has 0 aromatic heterocycles. The predicted octanol–water partition coefficient (Wildman–Crippen LogP) is 2.56. The zero-order valence-electron chi connectivity index (χ0n) is 18.3. The summed E-state index contributed by atoms with van der Waals surface area (Å²) in [7, 11) is 0. The third-order valence-corrected chi connectivity index (χ3v) is 6.17. The van der Waals surface area contributed by atoms with E-state index in [9.17, 15) is 19.2 Å². The van der Waals surface area contributed by atoms with E-state index >= 15 is 0 Å². The quantitative estimate of drug-likeness (QED) is 0.732. The molecule has 0 spiro atoms. The van der Waals surface area contributed by atoms with Gasteiger partial charge in [-0.1, -0.05) is 12.1 Å². The zero-order chi connectivity index (χ0) is 22.3. The van der Waals surface area contributed by atoms with Crippen LogP contribution in [0.2, 0.25) is 0 Å². The number of carbonyl (C=O) groups is 4. The first-order valence-electron chi connectivity index (χ1n) is 10.9. The first-order chi connectivity index (χ1) is 14.6. The summed E-state index contributed by atoms with van der Waals surface area (Å²) in [6.07, 6.45) is 1.94. The molecule has 3 heterocycles. The predicted molar refractivity (Wildman–Crippen MR) is 112 cm³/mol. The monoisotopic (exact) mass is 427 g/mol. The molecule has 31 heavy (non-hydrogen) atoms. The van der Waals surface area contributed by atoms with Gasteiger partial charge in [0.2, 0.25) is 11.8 Å². The summed E-state index contributed by atoms with van der Waals surface area (Å²) in [5.74, 6) is -0.573. The van der Waals surface area contributed by atoms with Crippen LogP contribution in [-0.2, 0) is 20.9 Å². The van der Waals surface area contributed by atoms with Gasteiger partial charge in [0.1, 0.15) is 11.6 Å². The fourth-order valence-corrected chi connectivity index (χ4v) is 4.55. The van der Waals surface area contributed by atoms with Crippen LogP contribution in [0.3, 0.4) is 0 Å². The van der Waals surface area contributed by atoms with E-state index in [1.807, 2.05) is 39.0 Å². The number of amides is 4. The van der Waals surface area contributed by atoms with Crippen molar-refractivity contribution in [1.82, 2.24) is 15.1 Å². The molecule has 2 fully saturated rings. The summed E-state index contributed by atoms with van der Waals surface area (Å²) in [6, 6.07) is 5.36. The summed E-state index contributed by atoms with van der Waals surface area (Å²) in [5, 5.41) is 2.33. The second-order valence-corrected chi connectivity index (χ2v) is 9.56. The van der Waals surface area contributed by atoms with E-state index in [1.54, 1.807) is 9.80 Å². The Kier molecular flexibility index (Phi) is 5.49. The topological polar surface area (TPSA) is 96.0 Å². The molecule has 0 bridgehead atoms. The number of ether oxygens (including phenoxy) is 1. The van der Waals surface area contributed by atoms with Crippen molar-refractivity contribution in [1.29, 1.82) is 0 Å². The largest absolute Gasteiger partial charge is 0.444 e. The van der Waals surface area contributed by atoms with Gasteiger partial charge in [-0.15, -0.1) is 0 Å². The minimum Gasteiger partial charge on any atom is -0.444 e. The fourth-order valence-electron chi connectivity index (χ4n) is 4.55. The molecular weight excluding hydrogens is 398 g/mol. The van der Waals surface area contributed by atoms with Crippen molar-refractivity contribution in [2.45, 2.75) is 70.6 Å². The van der Waals surface area contributed by atoms with Gasteiger partial charge in [-0.3, -0.25) is 19.7 Å². The molecule has 8 nitrogen and oxygen atoms in total. The van der Waals surface area contributed by atoms with Gasteiger partial charge in [0.25, 0.3) is 5.91 Å². The van der Waals surface area contributed by atoms with E-state index in [-0.39, 0.29) is 30.2 Å². The van der Waals surface area contributed by atoms with Gasteiger partial charge in [0.15, 0.2) is 0 Å². The average Bonchev–Trinajstić information content (AvgIpc) is 3.03. The molecule has 4 rings (SSSR count). The summed E-state index contributed by atoms with van der Waals surface area (Å²) in [5.41, 5.74) is 2.12. The Balaban J connectivity index is 1.41. The average molecular weight is 428 g/mol. The summed E-state index contributed by atoms with van der Waals surface area (Å²) in [4.78, 5) is 52.2. The van der Waals surface area contributed by atoms with Gasteiger partial charge in [0, 0.05) is 31.6 Å². The SMILES string of the molecule is CC(C)(C)OC(=O)N1CCC(c2ccc3c(c2)C(=O)N(C2CCC(=O)NC2=O)C3)CC1. The highest BCUT2D eigenvalue weighted by molar-refractivity contribution is 6.05. The number of rotatable bonds is 2. The lowest BCUT2D eigenvalue weighted by Gasteiger charge is -2.33. The maximum absolute atomic E-state index is 13.0. The van der Waals surface area contributed by atoms with Crippen LogP contribution in [-0.4, -0.2) is 58.3 Å². The van der Waals surface area contributed by atoms with Crippen LogP contribution in [0.25, 0.3) is 0 Å². The van der Waals surface area contributed by atoms with Gasteiger partial charge in [0.05, 0.1) is 0 Å². The highest BCUT2D eigenvalue weighted by Gasteiger charge is 2.39. The van der Waals surface area contributed by atoms with Gasteiger partial charge < -0.3 is 14.5 Å². The minimum atomic E-state index is -0.599. The molecule has 1 unspecified atom stereocenters. The molecule has 0 saturated carbocycles. The van der Waals surface area contributed by atoms with Gasteiger partial charge in [-0.25, -0.2) is 4.79 Å². The summed E-state index contributed by atoms with van der Waals surface area (Å²) >= 11 is 0. The van der Waals surface area contributed by atoms with Crippen molar-refractivity contribution in [2.24, 2.45) is 0 Å². The van der Waals surface area contributed by atoms with Gasteiger partial charge >= 0.3 is 6.09 Å². The van der Waals surface area contributed by atoms with Crippen LogP contribution in [0.5, 0.6) is 0 Å². The number of hydrogen-bond donors (Lipinski definition) is 1. The van der Waals surface area contributed by atoms with Crippen LogP contribution in [0.4, 0.5) is 4.79 Å². The van der Waals surface area contributed by atoms with Crippen molar-refractivity contribution >= 4 is 23.8 Å². The highest BCUT2D eigenvalue weighted by atomic mass is 16.6. The Morgan fingerprint density at radius 2 is 1.81 bits per heavy atom. The third kappa shape index (κ3) is 4.43. The standard InChI is InChI=1S/C23H29N3O5/c1-23(2,3)31-22(30)25-10-8-14(9-11-25)15-4-5-16-13-26(21(29)17(16)12-15)18-6-7-19(27)24-20(18)28/h4-5,12,14,18H,6-11,13H2,1-3H3,(H,24,27,28). The van der Waals surface area contributed by atoms with Crippen LogP contribution in [0, 0.1) is 0 Å². The number of likely N-dealkylation sites (tertiary alicyclic amines) is 1. The lowest BCUT2D eigenvalue weighted by Crippen LogP contribution is -2.52. The van der Waals surface area contributed by atoms with E-state index in [0.29, 0.717) is 31.6 Å². The third-order valence-electron chi connectivity index (χ3n) is 6.17. The van der Waals surface area contributed by atoms with Crippen LogP contribution < -0.4 is 5.32 Å². The molecule has 1 aromatic rings. The lowest BCUT2D eigenvalue weighted by atomic mass is 9.88. The molecule has 0 radical (unpaired) electrons. The number of carbonyl (C=O) groups excluding carboxylic acids is 4. The maximum Gasteiger partial charge on any atom is 0.410 e. The van der Waals surface area contributed by atoms with Crippen molar-refractivity contribution in [3.8, 4) is 0 Å². The molecular formula is C23H29N3O5. The lowest BCUT2D eigenvalue weighted by molar-refractivity contribution is -0.136. The summed E-state index contributed by atoms with van der Waals surface area (Å²) in [6.45, 7) is 7.20. The number of nitrogens with one attached hydrogen (secondary N) is 1. The Morgan fingerprint density at radius 3 is 2.45 bits per heavy atom. The Labute approximate surface area is 181 Å². The van der Waals surface area contributed by atoms with E-state index in [0.717, 1.165) is 24.0 Å². The van der Waals surface area contributed by atoms with Crippen LogP contribution in [0.1, 0.15) is 73.9 Å². The minimum absolute atomic E-state index is 0.155. The molecule has 0 aliphatic carbocycles. The van der Waals surface area contributed by atoms with E-state index in [4.69, 9.17) is 4.74 Å². The molecule has 8 heteroatoms. The molecule has 1 atom stereocenters. The first-order valence-corrected chi connectivity index (χ1v) is 10.9. The Hall–Kier alpha value is -2.90. The molecule has 3 aliphatic rings. The molecule has 3 aliphatic heterocycles. The smallest absolute Gasteiger partial charge is 0.410 e. The van der Waals surface area contributed by atoms with E-state index in [2.05, 4.69) is 5.32 Å². The second-order valence-electron chi connectivity index (χ2n) is 9.56. The second kappa shape index (κ2) is 7.98. The van der Waals surface area contributed by atoms with E-state index in [1.165, 1.54) is 0 Å². The van der Waals surface area contributed by atoms with Crippen molar-refractivity contribution in [3.05, 3.63) is 34.9 Å². The molecule has 2 saturated heterocycles. The van der Waals surface area contributed by atoms with E-state index < -0.39 is 17.6 Å². The fraction of sp³-hybridized carbons (Fsp3) is 0.565. The van der Waals surface area contributed by atoms with Gasteiger partial charge in [-0.05, 0) is 63.1 Å². The van der Waals surface area contributed by atoms with Gasteiger partial charge in [-0.2, -0.15) is 0 Å². The first kappa shape index (κ1) is 21.3. The number of piperidine rings is 2. The molecule has 166 valence electrons.